The van der Waals surface area contributed by atoms with Gasteiger partial charge in [0.25, 0.3) is 0 Å². The fourth-order valence-corrected chi connectivity index (χ4v) is 3.33. The number of rotatable bonds is 5. The van der Waals surface area contributed by atoms with E-state index in [9.17, 15) is 9.59 Å². The Bertz CT molecular complexity index is 767. The summed E-state index contributed by atoms with van der Waals surface area (Å²) in [5.74, 6) is -0.0975. The Balaban J connectivity index is 1.53. The number of nitrogens with zero attached hydrogens (tertiary/aromatic N) is 1. The van der Waals surface area contributed by atoms with Gasteiger partial charge in [-0.05, 0) is 43.0 Å². The van der Waals surface area contributed by atoms with Gasteiger partial charge in [0.15, 0.2) is 0 Å². The Hall–Kier alpha value is -2.53. The lowest BCUT2D eigenvalue weighted by molar-refractivity contribution is -0.124. The van der Waals surface area contributed by atoms with Gasteiger partial charge in [0.2, 0.25) is 5.91 Å². The van der Waals surface area contributed by atoms with Crippen LogP contribution in [0.4, 0.5) is 10.5 Å². The molecule has 2 N–H and O–H groups in total. The van der Waals surface area contributed by atoms with Crippen molar-refractivity contribution in [3.05, 3.63) is 65.2 Å². The summed E-state index contributed by atoms with van der Waals surface area (Å²) < 4.78 is 0. The van der Waals surface area contributed by atoms with Crippen LogP contribution < -0.4 is 10.6 Å². The van der Waals surface area contributed by atoms with Gasteiger partial charge in [0.1, 0.15) is 6.04 Å². The maximum absolute atomic E-state index is 12.5. The van der Waals surface area contributed by atoms with Crippen LogP contribution in [-0.2, 0) is 11.2 Å². The van der Waals surface area contributed by atoms with Gasteiger partial charge in [-0.25, -0.2) is 4.79 Å². The van der Waals surface area contributed by atoms with Gasteiger partial charge >= 0.3 is 6.03 Å². The molecular weight excluding hydrogens is 350 g/mol. The second-order valence-electron chi connectivity index (χ2n) is 6.32. The quantitative estimate of drug-likeness (QED) is 0.841. The fraction of sp³-hybridized carbons (Fsp3) is 0.300. The summed E-state index contributed by atoms with van der Waals surface area (Å²) in [6.07, 6.45) is 2.27. The molecule has 136 valence electrons. The number of urea groups is 1. The van der Waals surface area contributed by atoms with Crippen LogP contribution in [0.25, 0.3) is 0 Å². The minimum Gasteiger partial charge on any atom is -0.354 e. The van der Waals surface area contributed by atoms with Crippen molar-refractivity contribution in [2.24, 2.45) is 0 Å². The Morgan fingerprint density at radius 1 is 1.12 bits per heavy atom. The zero-order chi connectivity index (χ0) is 18.4. The molecule has 3 amide bonds. The Labute approximate surface area is 158 Å². The van der Waals surface area contributed by atoms with E-state index < -0.39 is 6.04 Å². The van der Waals surface area contributed by atoms with Gasteiger partial charge in [0.05, 0.1) is 0 Å². The summed E-state index contributed by atoms with van der Waals surface area (Å²) >= 11 is 5.95. The van der Waals surface area contributed by atoms with E-state index in [4.69, 9.17) is 11.6 Å². The first-order valence-electron chi connectivity index (χ1n) is 8.78. The maximum Gasteiger partial charge on any atom is 0.322 e. The van der Waals surface area contributed by atoms with Crippen molar-refractivity contribution in [1.29, 1.82) is 0 Å². The van der Waals surface area contributed by atoms with E-state index in [1.54, 1.807) is 29.2 Å². The highest BCUT2D eigenvalue weighted by Crippen LogP contribution is 2.20. The van der Waals surface area contributed by atoms with Crippen LogP contribution in [-0.4, -0.2) is 36.0 Å². The lowest BCUT2D eigenvalue weighted by Crippen LogP contribution is -2.47. The van der Waals surface area contributed by atoms with Crippen LogP contribution in [0.2, 0.25) is 5.02 Å². The van der Waals surface area contributed by atoms with Crippen LogP contribution in [0, 0.1) is 0 Å². The summed E-state index contributed by atoms with van der Waals surface area (Å²) in [6, 6.07) is 16.3. The van der Waals surface area contributed by atoms with Crippen molar-refractivity contribution >= 4 is 29.2 Å². The van der Waals surface area contributed by atoms with E-state index >= 15 is 0 Å². The van der Waals surface area contributed by atoms with Gasteiger partial charge in [-0.15, -0.1) is 0 Å². The van der Waals surface area contributed by atoms with E-state index in [2.05, 4.69) is 10.6 Å². The van der Waals surface area contributed by atoms with E-state index in [0.717, 1.165) is 12.8 Å². The molecule has 0 aliphatic carbocycles. The average Bonchev–Trinajstić information content (AvgIpc) is 3.12. The second-order valence-corrected chi connectivity index (χ2v) is 6.75. The normalized spacial score (nSPS) is 16.3. The molecule has 26 heavy (non-hydrogen) atoms. The molecule has 1 aliphatic rings. The monoisotopic (exact) mass is 371 g/mol. The zero-order valence-corrected chi connectivity index (χ0v) is 15.2. The molecule has 0 bridgehead atoms. The summed E-state index contributed by atoms with van der Waals surface area (Å²) in [5.41, 5.74) is 1.80. The molecule has 0 spiro atoms. The topological polar surface area (TPSA) is 61.4 Å². The Morgan fingerprint density at radius 3 is 2.69 bits per heavy atom. The molecule has 0 unspecified atom stereocenters. The van der Waals surface area contributed by atoms with Crippen molar-refractivity contribution in [2.45, 2.75) is 25.3 Å². The number of anilines is 1. The van der Waals surface area contributed by atoms with Crippen LogP contribution >= 0.6 is 11.6 Å². The van der Waals surface area contributed by atoms with Crippen LogP contribution in [0.1, 0.15) is 18.4 Å². The molecule has 5 nitrogen and oxygen atoms in total. The molecule has 1 aliphatic heterocycles. The molecule has 0 radical (unpaired) electrons. The van der Waals surface area contributed by atoms with Crippen LogP contribution in [0.15, 0.2) is 54.6 Å². The predicted molar refractivity (Wildman–Crippen MR) is 103 cm³/mol. The number of carbonyl (C=O) groups is 2. The molecular formula is C20H22ClN3O2. The highest BCUT2D eigenvalue weighted by Gasteiger charge is 2.33. The first-order chi connectivity index (χ1) is 12.6. The summed E-state index contributed by atoms with van der Waals surface area (Å²) in [4.78, 5) is 26.6. The van der Waals surface area contributed by atoms with E-state index in [1.165, 1.54) is 5.56 Å². The van der Waals surface area contributed by atoms with E-state index in [-0.39, 0.29) is 11.9 Å². The number of benzene rings is 2. The SMILES string of the molecule is O=C(NCCc1ccccc1)[C@H]1CCCN1C(=O)Nc1cccc(Cl)c1. The number of amides is 3. The molecule has 1 fully saturated rings. The highest BCUT2D eigenvalue weighted by atomic mass is 35.5. The van der Waals surface area contributed by atoms with Crippen molar-refractivity contribution in [1.82, 2.24) is 10.2 Å². The molecule has 0 aromatic heterocycles. The van der Waals surface area contributed by atoms with Crippen LogP contribution in [0.3, 0.4) is 0 Å². The molecule has 2 aromatic rings. The molecule has 2 aromatic carbocycles. The Kier molecular flexibility index (Phi) is 6.12. The molecule has 0 saturated carbocycles. The third-order valence-corrected chi connectivity index (χ3v) is 4.68. The van der Waals surface area contributed by atoms with Gasteiger partial charge < -0.3 is 15.5 Å². The zero-order valence-electron chi connectivity index (χ0n) is 14.5. The van der Waals surface area contributed by atoms with Gasteiger partial charge in [-0.1, -0.05) is 48.0 Å². The number of halogens is 1. The lowest BCUT2D eigenvalue weighted by atomic mass is 10.1. The molecule has 1 saturated heterocycles. The first-order valence-corrected chi connectivity index (χ1v) is 9.16. The Morgan fingerprint density at radius 2 is 1.92 bits per heavy atom. The van der Waals surface area contributed by atoms with Crippen molar-refractivity contribution in [2.75, 3.05) is 18.4 Å². The average molecular weight is 372 g/mol. The first kappa shape index (κ1) is 18.3. The largest absolute Gasteiger partial charge is 0.354 e. The van der Waals surface area contributed by atoms with Crippen LogP contribution in [0.5, 0.6) is 0 Å². The van der Waals surface area contributed by atoms with Crippen molar-refractivity contribution in [3.8, 4) is 0 Å². The smallest absolute Gasteiger partial charge is 0.322 e. The number of nitrogens with one attached hydrogen (secondary N) is 2. The van der Waals surface area contributed by atoms with E-state index in [1.807, 2.05) is 30.3 Å². The summed E-state index contributed by atoms with van der Waals surface area (Å²) in [5, 5.41) is 6.32. The molecule has 6 heteroatoms. The van der Waals surface area contributed by atoms with Gasteiger partial charge in [0, 0.05) is 23.8 Å². The fourth-order valence-electron chi connectivity index (χ4n) is 3.14. The molecule has 1 atom stereocenters. The highest BCUT2D eigenvalue weighted by molar-refractivity contribution is 6.30. The minimum absolute atomic E-state index is 0.0975. The number of hydrogen-bond donors (Lipinski definition) is 2. The minimum atomic E-state index is -0.426. The maximum atomic E-state index is 12.5. The van der Waals surface area contributed by atoms with Crippen molar-refractivity contribution < 1.29 is 9.59 Å². The number of hydrogen-bond acceptors (Lipinski definition) is 2. The van der Waals surface area contributed by atoms with Gasteiger partial charge in [-0.2, -0.15) is 0 Å². The van der Waals surface area contributed by atoms with E-state index in [0.29, 0.717) is 30.2 Å². The number of carbonyl (C=O) groups excluding carboxylic acids is 2. The number of likely N-dealkylation sites (tertiary alicyclic amines) is 1. The summed E-state index contributed by atoms with van der Waals surface area (Å²) in [7, 11) is 0. The summed E-state index contributed by atoms with van der Waals surface area (Å²) in [6.45, 7) is 1.13. The van der Waals surface area contributed by atoms with Crippen molar-refractivity contribution in [3.63, 3.8) is 0 Å². The third-order valence-electron chi connectivity index (χ3n) is 4.45. The second kappa shape index (κ2) is 8.72. The predicted octanol–water partition coefficient (Wildman–Crippen LogP) is 3.70. The standard InChI is InChI=1S/C20H22ClN3O2/c21-16-8-4-9-17(14-16)23-20(26)24-13-5-10-18(24)19(25)22-12-11-15-6-2-1-3-7-15/h1-4,6-9,14,18H,5,10-13H2,(H,22,25)(H,23,26)/t18-/m1/s1. The molecule has 3 rings (SSSR count). The third kappa shape index (κ3) is 4.76. The van der Waals surface area contributed by atoms with Gasteiger partial charge in [-0.3, -0.25) is 4.79 Å². The lowest BCUT2D eigenvalue weighted by Gasteiger charge is -2.24. The molecule has 1 heterocycles.